The van der Waals surface area contributed by atoms with Crippen molar-refractivity contribution in [3.8, 4) is 0 Å². The summed E-state index contributed by atoms with van der Waals surface area (Å²) in [6.45, 7) is 2.35. The Morgan fingerprint density at radius 2 is 2.17 bits per heavy atom. The molecule has 0 aliphatic carbocycles. The fourth-order valence-corrected chi connectivity index (χ4v) is 1.98. The van der Waals surface area contributed by atoms with E-state index in [0.29, 0.717) is 5.13 Å². The molecule has 0 atom stereocenters. The van der Waals surface area contributed by atoms with Crippen LogP contribution in [0.15, 0.2) is 5.38 Å². The van der Waals surface area contributed by atoms with E-state index in [1.54, 1.807) is 0 Å². The highest BCUT2D eigenvalue weighted by atomic mass is 32.1. The molecule has 0 saturated heterocycles. The van der Waals surface area contributed by atoms with E-state index in [4.69, 9.17) is 0 Å². The number of amides is 1. The predicted octanol–water partition coefficient (Wildman–Crippen LogP) is 2.36. The fraction of sp³-hybridized carbons (Fsp3) is 0.600. The highest BCUT2D eigenvalue weighted by Gasteiger charge is 2.26. The van der Waals surface area contributed by atoms with E-state index in [0.717, 1.165) is 5.69 Å². The number of halogens is 3. The van der Waals surface area contributed by atoms with Crippen LogP contribution in [0.2, 0.25) is 0 Å². The number of hydrogen-bond acceptors (Lipinski definition) is 4. The van der Waals surface area contributed by atoms with Crippen molar-refractivity contribution >= 4 is 22.4 Å². The Bertz CT molecular complexity index is 403. The molecule has 4 nitrogen and oxygen atoms in total. The second-order valence-electron chi connectivity index (χ2n) is 4.00. The number of hydrogen-bond donors (Lipinski definition) is 2. The van der Waals surface area contributed by atoms with Crippen LogP contribution in [0.5, 0.6) is 0 Å². The number of anilines is 1. The van der Waals surface area contributed by atoms with Crippen LogP contribution in [0.1, 0.15) is 25.5 Å². The maximum absolute atomic E-state index is 11.8. The molecular weight excluding hydrogens is 267 g/mol. The van der Waals surface area contributed by atoms with Gasteiger partial charge in [0, 0.05) is 5.38 Å². The van der Waals surface area contributed by atoms with Crippen molar-refractivity contribution in [2.24, 2.45) is 0 Å². The number of thiazole rings is 1. The van der Waals surface area contributed by atoms with Crippen LogP contribution in [-0.2, 0) is 4.79 Å². The average molecular weight is 281 g/mol. The summed E-state index contributed by atoms with van der Waals surface area (Å²) < 4.78 is 35.5. The summed E-state index contributed by atoms with van der Waals surface area (Å²) in [5.41, 5.74) is 0.846. The standard InChI is InChI=1S/C10H14F3N3OS/c1-6(2)7-4-18-9(15-7)16-8(17)3-14-5-10(11,12)13/h4,6,14H,3,5H2,1-2H3,(H,15,16,17). The summed E-state index contributed by atoms with van der Waals surface area (Å²) in [6.07, 6.45) is -4.31. The molecule has 1 heterocycles. The van der Waals surface area contributed by atoms with E-state index in [2.05, 4.69) is 10.3 Å². The van der Waals surface area contributed by atoms with Crippen LogP contribution in [-0.4, -0.2) is 30.2 Å². The number of nitrogens with one attached hydrogen (secondary N) is 2. The topological polar surface area (TPSA) is 54.0 Å². The van der Waals surface area contributed by atoms with Gasteiger partial charge in [-0.15, -0.1) is 11.3 Å². The van der Waals surface area contributed by atoms with Crippen LogP contribution in [0, 0.1) is 0 Å². The van der Waals surface area contributed by atoms with Gasteiger partial charge in [0.25, 0.3) is 0 Å². The van der Waals surface area contributed by atoms with Crippen LogP contribution in [0.4, 0.5) is 18.3 Å². The summed E-state index contributed by atoms with van der Waals surface area (Å²) >= 11 is 1.25. The van der Waals surface area contributed by atoms with Crippen molar-refractivity contribution in [2.45, 2.75) is 25.9 Å². The summed E-state index contributed by atoms with van der Waals surface area (Å²) in [4.78, 5) is 15.4. The van der Waals surface area contributed by atoms with E-state index in [9.17, 15) is 18.0 Å². The Balaban J connectivity index is 2.35. The lowest BCUT2D eigenvalue weighted by Crippen LogP contribution is -2.35. The van der Waals surface area contributed by atoms with Crippen LogP contribution in [0.25, 0.3) is 0 Å². The number of alkyl halides is 3. The third-order valence-electron chi connectivity index (χ3n) is 1.97. The lowest BCUT2D eigenvalue weighted by Gasteiger charge is -2.07. The van der Waals surface area contributed by atoms with E-state index < -0.39 is 25.2 Å². The molecule has 0 aliphatic rings. The molecule has 2 N–H and O–H groups in total. The molecule has 0 radical (unpaired) electrons. The molecule has 0 aromatic carbocycles. The van der Waals surface area contributed by atoms with Crippen molar-refractivity contribution in [1.29, 1.82) is 0 Å². The van der Waals surface area contributed by atoms with Gasteiger partial charge >= 0.3 is 6.18 Å². The lowest BCUT2D eigenvalue weighted by atomic mass is 10.2. The Kier molecular flexibility index (Phi) is 5.09. The molecule has 0 fully saturated rings. The maximum atomic E-state index is 11.8. The zero-order chi connectivity index (χ0) is 13.8. The first-order valence-electron chi connectivity index (χ1n) is 5.30. The first-order valence-corrected chi connectivity index (χ1v) is 6.18. The van der Waals surface area contributed by atoms with Crippen LogP contribution in [0.3, 0.4) is 0 Å². The zero-order valence-corrected chi connectivity index (χ0v) is 10.8. The molecular formula is C10H14F3N3OS. The highest BCUT2D eigenvalue weighted by molar-refractivity contribution is 7.13. The first-order chi connectivity index (χ1) is 8.28. The van der Waals surface area contributed by atoms with Crippen molar-refractivity contribution in [1.82, 2.24) is 10.3 Å². The van der Waals surface area contributed by atoms with Gasteiger partial charge in [0.15, 0.2) is 5.13 Å². The van der Waals surface area contributed by atoms with E-state index >= 15 is 0 Å². The summed E-state index contributed by atoms with van der Waals surface area (Å²) in [7, 11) is 0. The summed E-state index contributed by atoms with van der Waals surface area (Å²) in [5, 5.41) is 6.67. The molecule has 102 valence electrons. The lowest BCUT2D eigenvalue weighted by molar-refractivity contribution is -0.126. The van der Waals surface area contributed by atoms with Crippen molar-refractivity contribution in [2.75, 3.05) is 18.4 Å². The Labute approximate surface area is 107 Å². The molecule has 0 saturated carbocycles. The maximum Gasteiger partial charge on any atom is 0.401 e. The van der Waals surface area contributed by atoms with E-state index in [1.807, 2.05) is 24.5 Å². The molecule has 0 spiro atoms. The quantitative estimate of drug-likeness (QED) is 0.871. The minimum atomic E-state index is -4.31. The zero-order valence-electron chi connectivity index (χ0n) is 9.97. The van der Waals surface area contributed by atoms with Crippen molar-refractivity contribution in [3.63, 3.8) is 0 Å². The Morgan fingerprint density at radius 3 is 2.67 bits per heavy atom. The Hall–Kier alpha value is -1.15. The first kappa shape index (κ1) is 14.9. The monoisotopic (exact) mass is 281 g/mol. The van der Waals surface area contributed by atoms with Crippen molar-refractivity contribution < 1.29 is 18.0 Å². The summed E-state index contributed by atoms with van der Waals surface area (Å²) in [6, 6.07) is 0. The Morgan fingerprint density at radius 1 is 1.50 bits per heavy atom. The highest BCUT2D eigenvalue weighted by Crippen LogP contribution is 2.21. The molecule has 1 rings (SSSR count). The molecule has 1 aromatic heterocycles. The van der Waals surface area contributed by atoms with Gasteiger partial charge in [-0.2, -0.15) is 13.2 Å². The van der Waals surface area contributed by atoms with E-state index in [1.165, 1.54) is 11.3 Å². The van der Waals surface area contributed by atoms with Gasteiger partial charge in [-0.25, -0.2) is 4.98 Å². The normalized spacial score (nSPS) is 11.9. The molecule has 0 unspecified atom stereocenters. The largest absolute Gasteiger partial charge is 0.401 e. The average Bonchev–Trinajstić information content (AvgIpc) is 2.64. The second-order valence-corrected chi connectivity index (χ2v) is 4.86. The van der Waals surface area contributed by atoms with Gasteiger partial charge in [0.05, 0.1) is 18.8 Å². The minimum absolute atomic E-state index is 0.246. The number of aromatic nitrogens is 1. The van der Waals surface area contributed by atoms with Crippen LogP contribution < -0.4 is 10.6 Å². The van der Waals surface area contributed by atoms with Gasteiger partial charge in [-0.3, -0.25) is 4.79 Å². The van der Waals surface area contributed by atoms with Crippen molar-refractivity contribution in [3.05, 3.63) is 11.1 Å². The van der Waals surface area contributed by atoms with Gasteiger partial charge in [-0.05, 0) is 5.92 Å². The number of carbonyl (C=O) groups excluding carboxylic acids is 1. The third-order valence-corrected chi connectivity index (χ3v) is 2.75. The fourth-order valence-electron chi connectivity index (χ4n) is 1.09. The molecule has 1 amide bonds. The summed E-state index contributed by atoms with van der Waals surface area (Å²) in [5.74, 6) is -0.292. The number of carbonyl (C=O) groups is 1. The second kappa shape index (κ2) is 6.14. The molecule has 18 heavy (non-hydrogen) atoms. The van der Waals surface area contributed by atoms with Gasteiger partial charge in [0.1, 0.15) is 0 Å². The van der Waals surface area contributed by atoms with Crippen LogP contribution >= 0.6 is 11.3 Å². The third kappa shape index (κ3) is 5.46. The molecule has 0 bridgehead atoms. The predicted molar refractivity (Wildman–Crippen MR) is 63.8 cm³/mol. The van der Waals surface area contributed by atoms with Gasteiger partial charge in [0.2, 0.25) is 5.91 Å². The van der Waals surface area contributed by atoms with E-state index in [-0.39, 0.29) is 5.92 Å². The van der Waals surface area contributed by atoms with Gasteiger partial charge < -0.3 is 10.6 Å². The molecule has 1 aromatic rings. The molecule has 8 heteroatoms. The molecule has 0 aliphatic heterocycles. The SMILES string of the molecule is CC(C)c1csc(NC(=O)CNCC(F)(F)F)n1. The number of rotatable bonds is 5. The smallest absolute Gasteiger partial charge is 0.301 e. The minimum Gasteiger partial charge on any atom is -0.301 e. The number of nitrogens with zero attached hydrogens (tertiary/aromatic N) is 1. The van der Waals surface area contributed by atoms with Gasteiger partial charge in [-0.1, -0.05) is 13.8 Å².